The molecule has 0 saturated heterocycles. The second kappa shape index (κ2) is 4.75. The molecule has 1 fully saturated rings. The molecule has 15 heavy (non-hydrogen) atoms. The Morgan fingerprint density at radius 3 is 2.40 bits per heavy atom. The third-order valence-electron chi connectivity index (χ3n) is 3.37. The van der Waals surface area contributed by atoms with E-state index >= 15 is 0 Å². The molecular weight excluding hydrogens is 188 g/mol. The zero-order valence-electron chi connectivity index (χ0n) is 9.41. The Balaban J connectivity index is 2.96. The summed E-state index contributed by atoms with van der Waals surface area (Å²) in [5.41, 5.74) is -0.643. The lowest BCUT2D eigenvalue weighted by Gasteiger charge is -2.41. The number of ketones is 1. The number of carbonyl (C=O) groups is 1. The molecule has 2 unspecified atom stereocenters. The summed E-state index contributed by atoms with van der Waals surface area (Å²) in [5.74, 6) is 0.448. The number of Topliss-reactive ketones (excluding diaryl/α,β-unsaturated/α-hetero) is 1. The molecule has 84 valence electrons. The summed E-state index contributed by atoms with van der Waals surface area (Å²) in [6.07, 6.45) is 5.26. The van der Waals surface area contributed by atoms with Crippen molar-refractivity contribution in [1.29, 1.82) is 0 Å². The molecule has 0 bridgehead atoms. The molecule has 0 aromatic rings. The van der Waals surface area contributed by atoms with Crippen molar-refractivity contribution in [2.45, 2.75) is 38.7 Å². The van der Waals surface area contributed by atoms with Crippen molar-refractivity contribution in [1.82, 2.24) is 0 Å². The SMILES string of the molecule is C=CCC1(CC=C)C(=O)CC(C)CC1O. The summed E-state index contributed by atoms with van der Waals surface area (Å²) in [6.45, 7) is 9.35. The van der Waals surface area contributed by atoms with Crippen LogP contribution in [0.4, 0.5) is 0 Å². The van der Waals surface area contributed by atoms with Gasteiger partial charge in [-0.05, 0) is 25.2 Å². The Kier molecular flexibility index (Phi) is 3.86. The van der Waals surface area contributed by atoms with Gasteiger partial charge >= 0.3 is 0 Å². The Hall–Kier alpha value is -0.890. The fourth-order valence-electron chi connectivity index (χ4n) is 2.49. The molecule has 1 aliphatic rings. The minimum atomic E-state index is -0.643. The van der Waals surface area contributed by atoms with Gasteiger partial charge in [0.1, 0.15) is 5.78 Å². The van der Waals surface area contributed by atoms with Crippen molar-refractivity contribution in [3.05, 3.63) is 25.3 Å². The van der Waals surface area contributed by atoms with E-state index in [1.54, 1.807) is 12.2 Å². The molecule has 0 aliphatic heterocycles. The summed E-state index contributed by atoms with van der Waals surface area (Å²) in [5, 5.41) is 10.1. The summed E-state index contributed by atoms with van der Waals surface area (Å²) in [6, 6.07) is 0. The first-order valence-electron chi connectivity index (χ1n) is 5.50. The van der Waals surface area contributed by atoms with E-state index in [0.29, 0.717) is 25.7 Å². The molecule has 0 aromatic carbocycles. The Bertz CT molecular complexity index is 258. The van der Waals surface area contributed by atoms with Crippen LogP contribution in [0.25, 0.3) is 0 Å². The zero-order chi connectivity index (χ0) is 11.5. The molecule has 1 rings (SSSR count). The predicted octanol–water partition coefficient (Wildman–Crippen LogP) is 2.48. The second-order valence-electron chi connectivity index (χ2n) is 4.63. The molecule has 0 spiro atoms. The average molecular weight is 208 g/mol. The number of aliphatic hydroxyl groups excluding tert-OH is 1. The molecule has 0 aromatic heterocycles. The third-order valence-corrected chi connectivity index (χ3v) is 3.37. The van der Waals surface area contributed by atoms with Crippen LogP contribution in [0.2, 0.25) is 0 Å². The molecule has 2 nitrogen and oxygen atoms in total. The maximum absolute atomic E-state index is 12.1. The van der Waals surface area contributed by atoms with Crippen LogP contribution in [0.15, 0.2) is 25.3 Å². The van der Waals surface area contributed by atoms with E-state index in [-0.39, 0.29) is 11.7 Å². The highest BCUT2D eigenvalue weighted by Crippen LogP contribution is 2.42. The quantitative estimate of drug-likeness (QED) is 0.721. The van der Waals surface area contributed by atoms with Crippen molar-refractivity contribution in [3.8, 4) is 0 Å². The number of rotatable bonds is 4. The van der Waals surface area contributed by atoms with Gasteiger partial charge in [0, 0.05) is 6.42 Å². The highest BCUT2D eigenvalue weighted by atomic mass is 16.3. The Morgan fingerprint density at radius 1 is 1.47 bits per heavy atom. The summed E-state index contributed by atoms with van der Waals surface area (Å²) in [4.78, 5) is 12.1. The molecule has 2 atom stereocenters. The summed E-state index contributed by atoms with van der Waals surface area (Å²) < 4.78 is 0. The lowest BCUT2D eigenvalue weighted by molar-refractivity contribution is -0.142. The first-order valence-corrected chi connectivity index (χ1v) is 5.50. The minimum Gasteiger partial charge on any atom is -0.392 e. The van der Waals surface area contributed by atoms with Gasteiger partial charge in [-0.15, -0.1) is 13.2 Å². The van der Waals surface area contributed by atoms with Gasteiger partial charge in [-0.25, -0.2) is 0 Å². The fraction of sp³-hybridized carbons (Fsp3) is 0.615. The van der Waals surface area contributed by atoms with Gasteiger partial charge in [0.15, 0.2) is 0 Å². The van der Waals surface area contributed by atoms with Crippen LogP contribution in [0.1, 0.15) is 32.6 Å². The van der Waals surface area contributed by atoms with Crippen molar-refractivity contribution in [3.63, 3.8) is 0 Å². The number of hydrogen-bond acceptors (Lipinski definition) is 2. The lowest BCUT2D eigenvalue weighted by Crippen LogP contribution is -2.47. The predicted molar refractivity (Wildman–Crippen MR) is 61.5 cm³/mol. The second-order valence-corrected chi connectivity index (χ2v) is 4.63. The van der Waals surface area contributed by atoms with E-state index in [0.717, 1.165) is 0 Å². The van der Waals surface area contributed by atoms with Crippen LogP contribution in [0.3, 0.4) is 0 Å². The first-order chi connectivity index (χ1) is 7.06. The van der Waals surface area contributed by atoms with Crippen molar-refractivity contribution in [2.75, 3.05) is 0 Å². The van der Waals surface area contributed by atoms with Crippen molar-refractivity contribution < 1.29 is 9.90 Å². The maximum Gasteiger partial charge on any atom is 0.142 e. The molecule has 0 amide bonds. The standard InChI is InChI=1S/C13H20O2/c1-4-6-13(7-5-2)11(14)8-10(3)9-12(13)15/h4-5,10-11,14H,1-2,6-9H2,3H3. The molecule has 1 N–H and O–H groups in total. The lowest BCUT2D eigenvalue weighted by atomic mass is 9.64. The van der Waals surface area contributed by atoms with Crippen molar-refractivity contribution >= 4 is 5.78 Å². The van der Waals surface area contributed by atoms with E-state index in [4.69, 9.17) is 0 Å². The van der Waals surface area contributed by atoms with Crippen molar-refractivity contribution in [2.24, 2.45) is 11.3 Å². The normalized spacial score (nSPS) is 29.9. The van der Waals surface area contributed by atoms with Crippen LogP contribution in [-0.4, -0.2) is 17.0 Å². The van der Waals surface area contributed by atoms with E-state index in [1.807, 2.05) is 6.92 Å². The van der Waals surface area contributed by atoms with Gasteiger partial charge in [-0.1, -0.05) is 19.1 Å². The number of allylic oxidation sites excluding steroid dienone is 2. The Morgan fingerprint density at radius 2 is 2.00 bits per heavy atom. The monoisotopic (exact) mass is 208 g/mol. The van der Waals surface area contributed by atoms with Gasteiger partial charge in [-0.2, -0.15) is 0 Å². The highest BCUT2D eigenvalue weighted by molar-refractivity contribution is 5.87. The fourth-order valence-corrected chi connectivity index (χ4v) is 2.49. The molecular formula is C13H20O2. The van der Waals surface area contributed by atoms with Crippen LogP contribution in [0, 0.1) is 11.3 Å². The minimum absolute atomic E-state index is 0.161. The maximum atomic E-state index is 12.1. The molecule has 1 saturated carbocycles. The van der Waals surface area contributed by atoms with E-state index in [1.165, 1.54) is 0 Å². The van der Waals surface area contributed by atoms with Crippen LogP contribution in [-0.2, 0) is 4.79 Å². The summed E-state index contributed by atoms with van der Waals surface area (Å²) >= 11 is 0. The third kappa shape index (κ3) is 2.20. The van der Waals surface area contributed by atoms with Gasteiger partial charge in [-0.3, -0.25) is 4.79 Å². The highest BCUT2D eigenvalue weighted by Gasteiger charge is 2.46. The van der Waals surface area contributed by atoms with Gasteiger partial charge in [0.2, 0.25) is 0 Å². The van der Waals surface area contributed by atoms with Gasteiger partial charge < -0.3 is 5.11 Å². The number of hydrogen-bond donors (Lipinski definition) is 1. The summed E-state index contributed by atoms with van der Waals surface area (Å²) in [7, 11) is 0. The van der Waals surface area contributed by atoms with E-state index < -0.39 is 11.5 Å². The van der Waals surface area contributed by atoms with E-state index in [2.05, 4.69) is 13.2 Å². The van der Waals surface area contributed by atoms with E-state index in [9.17, 15) is 9.90 Å². The van der Waals surface area contributed by atoms with Crippen LogP contribution >= 0.6 is 0 Å². The smallest absolute Gasteiger partial charge is 0.142 e. The largest absolute Gasteiger partial charge is 0.392 e. The van der Waals surface area contributed by atoms with Crippen LogP contribution < -0.4 is 0 Å². The number of aliphatic hydroxyl groups is 1. The van der Waals surface area contributed by atoms with Gasteiger partial charge in [0.05, 0.1) is 11.5 Å². The molecule has 0 heterocycles. The van der Waals surface area contributed by atoms with Crippen LogP contribution in [0.5, 0.6) is 0 Å². The van der Waals surface area contributed by atoms with Gasteiger partial charge in [0.25, 0.3) is 0 Å². The first kappa shape index (κ1) is 12.2. The Labute approximate surface area is 91.7 Å². The zero-order valence-corrected chi connectivity index (χ0v) is 9.41. The average Bonchev–Trinajstić information content (AvgIpc) is 2.14. The molecule has 0 radical (unpaired) electrons. The number of carbonyl (C=O) groups excluding carboxylic acids is 1. The molecule has 1 aliphatic carbocycles. The molecule has 2 heteroatoms. The topological polar surface area (TPSA) is 37.3 Å².